The number of aliphatic hydroxyl groups excluding tert-OH is 1. The first kappa shape index (κ1) is 8.71. The first-order valence-electron chi connectivity index (χ1n) is 3.46. The van der Waals surface area contributed by atoms with Crippen molar-refractivity contribution in [2.75, 3.05) is 0 Å². The number of rotatable bonds is 2. The molecule has 0 atom stereocenters. The third-order valence-electron chi connectivity index (χ3n) is 1.38. The van der Waals surface area contributed by atoms with Crippen molar-refractivity contribution < 1.29 is 13.9 Å². The zero-order valence-corrected chi connectivity index (χ0v) is 6.30. The van der Waals surface area contributed by atoms with Crippen molar-refractivity contribution in [2.45, 2.75) is 6.42 Å². The smallest absolute Gasteiger partial charge is 0.126 e. The summed E-state index contributed by atoms with van der Waals surface area (Å²) in [4.78, 5) is 0. The van der Waals surface area contributed by atoms with Crippen molar-refractivity contribution in [1.82, 2.24) is 0 Å². The van der Waals surface area contributed by atoms with Crippen molar-refractivity contribution in [1.29, 1.82) is 0 Å². The fourth-order valence-corrected chi connectivity index (χ4v) is 0.918. The molecule has 1 aromatic rings. The molecule has 12 heavy (non-hydrogen) atoms. The topological polar surface area (TPSA) is 20.2 Å². The van der Waals surface area contributed by atoms with Gasteiger partial charge >= 0.3 is 0 Å². The molecule has 1 nitrogen and oxygen atoms in total. The normalized spacial score (nSPS) is 10.8. The molecular formula is C9H8F2O. The van der Waals surface area contributed by atoms with Gasteiger partial charge < -0.3 is 5.11 Å². The van der Waals surface area contributed by atoms with E-state index in [9.17, 15) is 8.78 Å². The molecule has 0 saturated heterocycles. The molecule has 0 aromatic heterocycles. The Hall–Kier alpha value is -1.38. The van der Waals surface area contributed by atoms with Gasteiger partial charge in [0.15, 0.2) is 0 Å². The summed E-state index contributed by atoms with van der Waals surface area (Å²) >= 11 is 0. The molecule has 0 radical (unpaired) electrons. The van der Waals surface area contributed by atoms with Crippen LogP contribution in [-0.2, 0) is 6.42 Å². The quantitative estimate of drug-likeness (QED) is 0.676. The standard InChI is InChI=1S/C9H8F2O/c10-8-4-7(2-1-3-12)5-9(11)6-8/h1,3-6,12H,2H2. The summed E-state index contributed by atoms with van der Waals surface area (Å²) < 4.78 is 25.1. The second-order valence-corrected chi connectivity index (χ2v) is 2.37. The van der Waals surface area contributed by atoms with Crippen LogP contribution >= 0.6 is 0 Å². The first-order chi connectivity index (χ1) is 5.72. The number of hydrogen-bond acceptors (Lipinski definition) is 1. The SMILES string of the molecule is OC=CCc1cc(F)cc(F)c1. The average molecular weight is 170 g/mol. The minimum atomic E-state index is -0.601. The summed E-state index contributed by atoms with van der Waals surface area (Å²) in [5.74, 6) is -1.20. The van der Waals surface area contributed by atoms with Crippen LogP contribution in [0.15, 0.2) is 30.5 Å². The maximum atomic E-state index is 12.5. The van der Waals surface area contributed by atoms with Crippen molar-refractivity contribution in [3.63, 3.8) is 0 Å². The van der Waals surface area contributed by atoms with E-state index < -0.39 is 11.6 Å². The van der Waals surface area contributed by atoms with Crippen LogP contribution in [0.2, 0.25) is 0 Å². The van der Waals surface area contributed by atoms with Crippen LogP contribution in [0.25, 0.3) is 0 Å². The second-order valence-electron chi connectivity index (χ2n) is 2.37. The monoisotopic (exact) mass is 170 g/mol. The van der Waals surface area contributed by atoms with Gasteiger partial charge in [0.25, 0.3) is 0 Å². The Balaban J connectivity index is 2.85. The Labute approximate surface area is 69.0 Å². The fourth-order valence-electron chi connectivity index (χ4n) is 0.918. The van der Waals surface area contributed by atoms with Crippen molar-refractivity contribution in [2.24, 2.45) is 0 Å². The summed E-state index contributed by atoms with van der Waals surface area (Å²) in [5.41, 5.74) is 0.498. The van der Waals surface area contributed by atoms with E-state index in [1.165, 1.54) is 18.2 Å². The molecule has 0 aliphatic heterocycles. The van der Waals surface area contributed by atoms with Gasteiger partial charge in [0.05, 0.1) is 6.26 Å². The number of allylic oxidation sites excluding steroid dienone is 1. The van der Waals surface area contributed by atoms with Crippen LogP contribution in [-0.4, -0.2) is 5.11 Å². The minimum absolute atomic E-state index is 0.325. The summed E-state index contributed by atoms with van der Waals surface area (Å²) in [6.07, 6.45) is 2.59. The molecule has 0 bridgehead atoms. The average Bonchev–Trinajstić information content (AvgIpc) is 1.99. The van der Waals surface area contributed by atoms with Crippen LogP contribution in [0.5, 0.6) is 0 Å². The van der Waals surface area contributed by atoms with Gasteiger partial charge in [0, 0.05) is 6.07 Å². The summed E-state index contributed by atoms with van der Waals surface area (Å²) in [5, 5.41) is 8.30. The lowest BCUT2D eigenvalue weighted by molar-refractivity contribution is 0.471. The highest BCUT2D eigenvalue weighted by Crippen LogP contribution is 2.08. The molecule has 64 valence electrons. The van der Waals surface area contributed by atoms with Crippen LogP contribution in [0.3, 0.4) is 0 Å². The van der Waals surface area contributed by atoms with Gasteiger partial charge in [0.1, 0.15) is 11.6 Å². The summed E-state index contributed by atoms with van der Waals surface area (Å²) in [6, 6.07) is 3.26. The molecule has 1 rings (SSSR count). The zero-order chi connectivity index (χ0) is 8.97. The highest BCUT2D eigenvalue weighted by Gasteiger charge is 1.97. The van der Waals surface area contributed by atoms with Crippen LogP contribution in [0.1, 0.15) is 5.56 Å². The molecular weight excluding hydrogens is 162 g/mol. The molecule has 0 aliphatic rings. The predicted octanol–water partition coefficient (Wildman–Crippen LogP) is 2.58. The summed E-state index contributed by atoms with van der Waals surface area (Å²) in [7, 11) is 0. The first-order valence-corrected chi connectivity index (χ1v) is 3.46. The minimum Gasteiger partial charge on any atom is -0.516 e. The third-order valence-corrected chi connectivity index (χ3v) is 1.38. The second kappa shape index (κ2) is 3.85. The number of benzene rings is 1. The lowest BCUT2D eigenvalue weighted by Gasteiger charge is -1.96. The van der Waals surface area contributed by atoms with E-state index in [0.29, 0.717) is 12.0 Å². The Morgan fingerprint density at radius 3 is 2.25 bits per heavy atom. The number of hydrogen-bond donors (Lipinski definition) is 1. The lowest BCUT2D eigenvalue weighted by Crippen LogP contribution is -1.86. The van der Waals surface area contributed by atoms with Gasteiger partial charge in [-0.15, -0.1) is 0 Å². The van der Waals surface area contributed by atoms with Crippen molar-refractivity contribution in [3.8, 4) is 0 Å². The summed E-state index contributed by atoms with van der Waals surface area (Å²) in [6.45, 7) is 0. The van der Waals surface area contributed by atoms with Gasteiger partial charge in [-0.1, -0.05) is 0 Å². The maximum Gasteiger partial charge on any atom is 0.126 e. The molecule has 0 unspecified atom stereocenters. The van der Waals surface area contributed by atoms with E-state index in [2.05, 4.69) is 0 Å². The highest BCUT2D eigenvalue weighted by atomic mass is 19.1. The van der Waals surface area contributed by atoms with Crippen LogP contribution in [0.4, 0.5) is 8.78 Å². The van der Waals surface area contributed by atoms with E-state index in [-0.39, 0.29) is 0 Å². The Kier molecular flexibility index (Phi) is 2.80. The van der Waals surface area contributed by atoms with E-state index >= 15 is 0 Å². The number of aliphatic hydroxyl groups is 1. The highest BCUT2D eigenvalue weighted by molar-refractivity contribution is 5.19. The fraction of sp³-hybridized carbons (Fsp3) is 0.111. The lowest BCUT2D eigenvalue weighted by atomic mass is 10.1. The van der Waals surface area contributed by atoms with Crippen LogP contribution < -0.4 is 0 Å². The molecule has 0 saturated carbocycles. The van der Waals surface area contributed by atoms with E-state index in [0.717, 1.165) is 12.3 Å². The molecule has 3 heteroatoms. The third kappa shape index (κ3) is 2.34. The van der Waals surface area contributed by atoms with Gasteiger partial charge in [-0.05, 0) is 30.2 Å². The van der Waals surface area contributed by atoms with Crippen LogP contribution in [0, 0.1) is 11.6 Å². The molecule has 0 fully saturated rings. The Morgan fingerprint density at radius 2 is 1.75 bits per heavy atom. The Morgan fingerprint density at radius 1 is 1.17 bits per heavy atom. The van der Waals surface area contributed by atoms with E-state index in [1.807, 2.05) is 0 Å². The molecule has 0 heterocycles. The van der Waals surface area contributed by atoms with Gasteiger partial charge in [-0.3, -0.25) is 0 Å². The van der Waals surface area contributed by atoms with Gasteiger partial charge in [-0.2, -0.15) is 0 Å². The maximum absolute atomic E-state index is 12.5. The molecule has 0 aliphatic carbocycles. The predicted molar refractivity (Wildman–Crippen MR) is 41.8 cm³/mol. The Bertz CT molecular complexity index is 274. The van der Waals surface area contributed by atoms with E-state index in [1.54, 1.807) is 0 Å². The molecule has 1 N–H and O–H groups in total. The van der Waals surface area contributed by atoms with Gasteiger partial charge in [-0.25, -0.2) is 8.78 Å². The molecule has 1 aromatic carbocycles. The van der Waals surface area contributed by atoms with Gasteiger partial charge in [0.2, 0.25) is 0 Å². The largest absolute Gasteiger partial charge is 0.516 e. The molecule has 0 amide bonds. The van der Waals surface area contributed by atoms with Crippen molar-refractivity contribution >= 4 is 0 Å². The molecule has 0 spiro atoms. The number of halogens is 2. The zero-order valence-electron chi connectivity index (χ0n) is 6.30. The van der Waals surface area contributed by atoms with E-state index in [4.69, 9.17) is 5.11 Å². The van der Waals surface area contributed by atoms with Crippen molar-refractivity contribution in [3.05, 3.63) is 47.7 Å².